The second-order valence-electron chi connectivity index (χ2n) is 5.65. The molecule has 0 aliphatic rings. The molecule has 1 amide bonds. The molecule has 0 saturated carbocycles. The Morgan fingerprint density at radius 3 is 2.52 bits per heavy atom. The second kappa shape index (κ2) is 6.67. The van der Waals surface area contributed by atoms with Gasteiger partial charge in [-0.3, -0.25) is 4.79 Å². The first-order chi connectivity index (χ1) is 11.2. The van der Waals surface area contributed by atoms with Crippen LogP contribution >= 0.6 is 0 Å². The molecule has 0 spiro atoms. The number of aliphatic hydroxyl groups excluding tert-OH is 1. The van der Waals surface area contributed by atoms with Crippen molar-refractivity contribution < 1.29 is 9.90 Å². The van der Waals surface area contributed by atoms with Gasteiger partial charge in [-0.25, -0.2) is 0 Å². The normalized spacial score (nSPS) is 10.9. The first-order valence-electron chi connectivity index (χ1n) is 7.73. The van der Waals surface area contributed by atoms with Crippen LogP contribution < -0.4 is 5.32 Å². The SMILES string of the molecule is Cc1[nH]c2ccccc2c1C(=O)NCCc1ccc(CO)cc1. The van der Waals surface area contributed by atoms with Gasteiger partial charge in [-0.05, 0) is 30.5 Å². The summed E-state index contributed by atoms with van der Waals surface area (Å²) >= 11 is 0. The van der Waals surface area contributed by atoms with Gasteiger partial charge in [-0.15, -0.1) is 0 Å². The van der Waals surface area contributed by atoms with Crippen LogP contribution in [0.5, 0.6) is 0 Å². The number of H-pyrrole nitrogens is 1. The average Bonchev–Trinajstić information content (AvgIpc) is 2.91. The minimum Gasteiger partial charge on any atom is -0.392 e. The fraction of sp³-hybridized carbons (Fsp3) is 0.211. The number of fused-ring (bicyclic) bond motifs is 1. The molecule has 0 radical (unpaired) electrons. The molecule has 0 bridgehead atoms. The van der Waals surface area contributed by atoms with E-state index in [0.29, 0.717) is 6.54 Å². The van der Waals surface area contributed by atoms with Gasteiger partial charge in [-0.2, -0.15) is 0 Å². The van der Waals surface area contributed by atoms with Crippen molar-refractivity contribution >= 4 is 16.8 Å². The summed E-state index contributed by atoms with van der Waals surface area (Å²) in [6, 6.07) is 15.6. The molecule has 1 heterocycles. The highest BCUT2D eigenvalue weighted by Gasteiger charge is 2.14. The highest BCUT2D eigenvalue weighted by molar-refractivity contribution is 6.08. The van der Waals surface area contributed by atoms with Crippen LogP contribution in [0, 0.1) is 6.92 Å². The Morgan fingerprint density at radius 2 is 1.78 bits per heavy atom. The fourth-order valence-electron chi connectivity index (χ4n) is 2.79. The number of carbonyl (C=O) groups is 1. The summed E-state index contributed by atoms with van der Waals surface area (Å²) in [7, 11) is 0. The quantitative estimate of drug-likeness (QED) is 0.678. The fourth-order valence-corrected chi connectivity index (χ4v) is 2.79. The van der Waals surface area contributed by atoms with Crippen molar-refractivity contribution in [2.24, 2.45) is 0 Å². The Labute approximate surface area is 135 Å². The number of rotatable bonds is 5. The maximum Gasteiger partial charge on any atom is 0.253 e. The third-order valence-corrected chi connectivity index (χ3v) is 4.03. The number of carbonyl (C=O) groups excluding carboxylic acids is 1. The van der Waals surface area contributed by atoms with Crippen molar-refractivity contribution in [2.45, 2.75) is 20.0 Å². The molecule has 4 nitrogen and oxygen atoms in total. The second-order valence-corrected chi connectivity index (χ2v) is 5.65. The number of hydrogen-bond acceptors (Lipinski definition) is 2. The first kappa shape index (κ1) is 15.3. The molecule has 0 saturated heterocycles. The van der Waals surface area contributed by atoms with Gasteiger partial charge in [0.25, 0.3) is 5.91 Å². The summed E-state index contributed by atoms with van der Waals surface area (Å²) in [6.07, 6.45) is 0.763. The molecule has 0 atom stereocenters. The topological polar surface area (TPSA) is 65.1 Å². The smallest absolute Gasteiger partial charge is 0.253 e. The van der Waals surface area contributed by atoms with Gasteiger partial charge < -0.3 is 15.4 Å². The van der Waals surface area contributed by atoms with Gasteiger partial charge in [-0.1, -0.05) is 42.5 Å². The number of nitrogens with one attached hydrogen (secondary N) is 2. The number of aliphatic hydroxyl groups is 1. The predicted molar refractivity (Wildman–Crippen MR) is 91.4 cm³/mol. The van der Waals surface area contributed by atoms with Crippen LogP contribution in [0.15, 0.2) is 48.5 Å². The summed E-state index contributed by atoms with van der Waals surface area (Å²) in [5.74, 6) is -0.0491. The molecule has 3 N–H and O–H groups in total. The Bertz CT molecular complexity index is 819. The lowest BCUT2D eigenvalue weighted by molar-refractivity contribution is 0.0955. The lowest BCUT2D eigenvalue weighted by Crippen LogP contribution is -2.26. The monoisotopic (exact) mass is 308 g/mol. The van der Waals surface area contributed by atoms with Crippen LogP contribution in [0.1, 0.15) is 27.2 Å². The zero-order chi connectivity index (χ0) is 16.2. The molecule has 1 aromatic heterocycles. The lowest BCUT2D eigenvalue weighted by atomic mass is 10.1. The molecule has 0 fully saturated rings. The zero-order valence-electron chi connectivity index (χ0n) is 13.1. The van der Waals surface area contributed by atoms with E-state index < -0.39 is 0 Å². The zero-order valence-corrected chi connectivity index (χ0v) is 13.1. The van der Waals surface area contributed by atoms with Crippen molar-refractivity contribution in [3.8, 4) is 0 Å². The number of para-hydroxylation sites is 1. The van der Waals surface area contributed by atoms with Crippen LogP contribution in [0.25, 0.3) is 10.9 Å². The Kier molecular flexibility index (Phi) is 4.44. The molecule has 3 rings (SSSR count). The third-order valence-electron chi connectivity index (χ3n) is 4.03. The summed E-state index contributed by atoms with van der Waals surface area (Å²) < 4.78 is 0. The van der Waals surface area contributed by atoms with Crippen molar-refractivity contribution in [1.29, 1.82) is 0 Å². The Morgan fingerprint density at radius 1 is 1.09 bits per heavy atom. The van der Waals surface area contributed by atoms with Crippen molar-refractivity contribution in [1.82, 2.24) is 10.3 Å². The van der Waals surface area contributed by atoms with Gasteiger partial charge in [0.2, 0.25) is 0 Å². The van der Waals surface area contributed by atoms with Crippen molar-refractivity contribution in [2.75, 3.05) is 6.54 Å². The van der Waals surface area contributed by atoms with E-state index >= 15 is 0 Å². The van der Waals surface area contributed by atoms with E-state index in [0.717, 1.165) is 39.7 Å². The summed E-state index contributed by atoms with van der Waals surface area (Å²) in [5, 5.41) is 13.0. The molecule has 23 heavy (non-hydrogen) atoms. The molecule has 118 valence electrons. The number of hydrogen-bond donors (Lipinski definition) is 3. The van der Waals surface area contributed by atoms with Crippen LogP contribution in [0.4, 0.5) is 0 Å². The molecule has 2 aromatic carbocycles. The van der Waals surface area contributed by atoms with Crippen LogP contribution in [0.3, 0.4) is 0 Å². The molecular formula is C19H20N2O2. The molecule has 0 aliphatic carbocycles. The van der Waals surface area contributed by atoms with E-state index in [1.807, 2.05) is 55.5 Å². The van der Waals surface area contributed by atoms with Crippen LogP contribution in [0.2, 0.25) is 0 Å². The van der Waals surface area contributed by atoms with E-state index in [1.165, 1.54) is 0 Å². The number of amides is 1. The molecule has 3 aromatic rings. The Hall–Kier alpha value is -2.59. The third kappa shape index (κ3) is 3.27. The molecular weight excluding hydrogens is 288 g/mol. The first-order valence-corrected chi connectivity index (χ1v) is 7.73. The number of benzene rings is 2. The van der Waals surface area contributed by atoms with E-state index in [-0.39, 0.29) is 12.5 Å². The number of aryl methyl sites for hydroxylation is 1. The summed E-state index contributed by atoms with van der Waals surface area (Å²) in [6.45, 7) is 2.55. The standard InChI is InChI=1S/C19H20N2O2/c1-13-18(16-4-2-3-5-17(16)21-13)19(23)20-11-10-14-6-8-15(12-22)9-7-14/h2-9,21-22H,10-12H2,1H3,(H,20,23). The maximum absolute atomic E-state index is 12.5. The van der Waals surface area contributed by atoms with Crippen molar-refractivity contribution in [3.05, 3.63) is 70.9 Å². The van der Waals surface area contributed by atoms with E-state index in [9.17, 15) is 4.79 Å². The Balaban J connectivity index is 1.65. The maximum atomic E-state index is 12.5. The number of aromatic amines is 1. The molecule has 4 heteroatoms. The molecule has 0 aliphatic heterocycles. The predicted octanol–water partition coefficient (Wildman–Crippen LogP) is 2.94. The van der Waals surface area contributed by atoms with Crippen molar-refractivity contribution in [3.63, 3.8) is 0 Å². The minimum atomic E-state index is -0.0491. The van der Waals surface area contributed by atoms with Gasteiger partial charge in [0, 0.05) is 23.1 Å². The van der Waals surface area contributed by atoms with Crippen LogP contribution in [-0.2, 0) is 13.0 Å². The van der Waals surface area contributed by atoms with E-state index in [4.69, 9.17) is 5.11 Å². The van der Waals surface area contributed by atoms with E-state index in [1.54, 1.807) is 0 Å². The highest BCUT2D eigenvalue weighted by atomic mass is 16.3. The molecule has 0 unspecified atom stereocenters. The van der Waals surface area contributed by atoms with E-state index in [2.05, 4.69) is 10.3 Å². The minimum absolute atomic E-state index is 0.0491. The van der Waals surface area contributed by atoms with Crippen LogP contribution in [-0.4, -0.2) is 22.5 Å². The van der Waals surface area contributed by atoms with Gasteiger partial charge in [0.1, 0.15) is 0 Å². The van der Waals surface area contributed by atoms with Gasteiger partial charge in [0.05, 0.1) is 12.2 Å². The number of aromatic nitrogens is 1. The summed E-state index contributed by atoms with van der Waals surface area (Å²) in [5.41, 5.74) is 4.62. The lowest BCUT2D eigenvalue weighted by Gasteiger charge is -2.06. The largest absolute Gasteiger partial charge is 0.392 e. The highest BCUT2D eigenvalue weighted by Crippen LogP contribution is 2.21. The van der Waals surface area contributed by atoms with Gasteiger partial charge in [0.15, 0.2) is 0 Å². The average molecular weight is 308 g/mol. The summed E-state index contributed by atoms with van der Waals surface area (Å²) in [4.78, 5) is 15.7. The van der Waals surface area contributed by atoms with Gasteiger partial charge >= 0.3 is 0 Å².